The van der Waals surface area contributed by atoms with E-state index in [4.69, 9.17) is 0 Å². The van der Waals surface area contributed by atoms with E-state index in [9.17, 15) is 4.79 Å². The van der Waals surface area contributed by atoms with E-state index in [1.54, 1.807) is 29.0 Å². The minimum Gasteiger partial charge on any atom is -0.349 e. The summed E-state index contributed by atoms with van der Waals surface area (Å²) in [6.45, 7) is 4.62. The van der Waals surface area contributed by atoms with Crippen molar-refractivity contribution in [3.8, 4) is 0 Å². The van der Waals surface area contributed by atoms with E-state index in [0.29, 0.717) is 12.3 Å². The van der Waals surface area contributed by atoms with Crippen molar-refractivity contribution in [2.75, 3.05) is 5.75 Å². The number of benzene rings is 1. The Morgan fingerprint density at radius 1 is 1.19 bits per heavy atom. The van der Waals surface area contributed by atoms with Crippen molar-refractivity contribution in [2.24, 2.45) is 0 Å². The van der Waals surface area contributed by atoms with Crippen LogP contribution in [0.15, 0.2) is 35.6 Å². The minimum atomic E-state index is -0.0226. The second-order valence-electron chi connectivity index (χ2n) is 5.78. The molecule has 1 N–H and O–H groups in total. The second-order valence-corrected chi connectivity index (χ2v) is 9.07. The van der Waals surface area contributed by atoms with Crippen LogP contribution in [0.2, 0.25) is 0 Å². The molecule has 0 saturated carbocycles. The minimum absolute atomic E-state index is 0.0226. The number of aryl methyl sites for hydroxylation is 2. The van der Waals surface area contributed by atoms with Gasteiger partial charge in [-0.25, -0.2) is 15.0 Å². The molecule has 0 fully saturated rings. The molecule has 0 atom stereocenters. The van der Waals surface area contributed by atoms with E-state index in [-0.39, 0.29) is 5.91 Å². The number of rotatable bonds is 5. The molecular weight excluding hydrogens is 384 g/mol. The summed E-state index contributed by atoms with van der Waals surface area (Å²) in [5, 5.41) is 5.80. The van der Waals surface area contributed by atoms with Gasteiger partial charge in [-0.1, -0.05) is 23.9 Å². The molecule has 1 amide bonds. The molecule has 0 spiro atoms. The van der Waals surface area contributed by atoms with Crippen LogP contribution in [0.4, 0.5) is 0 Å². The zero-order chi connectivity index (χ0) is 18.1. The quantitative estimate of drug-likeness (QED) is 0.399. The number of amides is 1. The predicted molar refractivity (Wildman–Crippen MR) is 109 cm³/mol. The van der Waals surface area contributed by atoms with E-state index in [1.165, 1.54) is 22.2 Å². The Bertz CT molecular complexity index is 1070. The van der Waals surface area contributed by atoms with Crippen LogP contribution < -0.4 is 5.32 Å². The molecule has 4 aromatic rings. The maximum atomic E-state index is 12.2. The number of aromatic nitrogens is 3. The molecule has 0 unspecified atom stereocenters. The van der Waals surface area contributed by atoms with E-state index >= 15 is 0 Å². The number of nitrogens with one attached hydrogen (secondary N) is 1. The lowest BCUT2D eigenvalue weighted by atomic mass is 10.2. The summed E-state index contributed by atoms with van der Waals surface area (Å²) in [6, 6.07) is 7.99. The first-order chi connectivity index (χ1) is 12.6. The van der Waals surface area contributed by atoms with Gasteiger partial charge >= 0.3 is 0 Å². The van der Waals surface area contributed by atoms with Gasteiger partial charge in [0.15, 0.2) is 0 Å². The zero-order valence-electron chi connectivity index (χ0n) is 14.3. The Balaban J connectivity index is 1.40. The van der Waals surface area contributed by atoms with Gasteiger partial charge in [-0.3, -0.25) is 4.79 Å². The van der Waals surface area contributed by atoms with Crippen molar-refractivity contribution in [1.82, 2.24) is 20.3 Å². The Labute approximate surface area is 162 Å². The Morgan fingerprint density at radius 3 is 2.88 bits per heavy atom. The molecule has 1 aromatic carbocycles. The van der Waals surface area contributed by atoms with Gasteiger partial charge in [0.05, 0.1) is 22.5 Å². The molecule has 0 aliphatic rings. The lowest BCUT2D eigenvalue weighted by Crippen LogP contribution is -2.24. The fourth-order valence-electron chi connectivity index (χ4n) is 2.61. The monoisotopic (exact) mass is 400 g/mol. The average Bonchev–Trinajstić information content (AvgIpc) is 3.19. The van der Waals surface area contributed by atoms with Crippen molar-refractivity contribution < 1.29 is 4.79 Å². The standard InChI is InChI=1S/C18H16N4OS3/c1-10-11(2)25-18-16(10)17(20-9-21-18)24-8-14(23)19-7-15-22-12-5-3-4-6-13(12)26-15/h3-6,9H,7-8H2,1-2H3,(H,19,23). The van der Waals surface area contributed by atoms with Crippen LogP contribution in [-0.2, 0) is 11.3 Å². The number of hydrogen-bond donors (Lipinski definition) is 1. The van der Waals surface area contributed by atoms with Crippen LogP contribution in [-0.4, -0.2) is 26.6 Å². The van der Waals surface area contributed by atoms with Gasteiger partial charge < -0.3 is 5.32 Å². The molecule has 26 heavy (non-hydrogen) atoms. The van der Waals surface area contributed by atoms with Crippen molar-refractivity contribution in [1.29, 1.82) is 0 Å². The molecule has 4 rings (SSSR count). The van der Waals surface area contributed by atoms with Gasteiger partial charge in [0.2, 0.25) is 5.91 Å². The Morgan fingerprint density at radius 2 is 2.04 bits per heavy atom. The van der Waals surface area contributed by atoms with Gasteiger partial charge in [0.25, 0.3) is 0 Å². The highest BCUT2D eigenvalue weighted by Gasteiger charge is 2.14. The van der Waals surface area contributed by atoms with Gasteiger partial charge in [-0.05, 0) is 31.5 Å². The number of fused-ring (bicyclic) bond motifs is 2. The molecule has 0 aliphatic heterocycles. The van der Waals surface area contributed by atoms with Crippen LogP contribution in [0.5, 0.6) is 0 Å². The molecular formula is C18H16N4OS3. The Kier molecular flexibility index (Phi) is 4.88. The van der Waals surface area contributed by atoms with Crippen LogP contribution in [0.1, 0.15) is 15.4 Å². The first kappa shape index (κ1) is 17.4. The fraction of sp³-hybridized carbons (Fsp3) is 0.222. The van der Waals surface area contributed by atoms with Gasteiger partial charge in [0.1, 0.15) is 21.2 Å². The second kappa shape index (κ2) is 7.30. The highest BCUT2D eigenvalue weighted by Crippen LogP contribution is 2.34. The van der Waals surface area contributed by atoms with Crippen molar-refractivity contribution >= 4 is 60.8 Å². The van der Waals surface area contributed by atoms with E-state index in [0.717, 1.165) is 30.5 Å². The number of thiazole rings is 1. The SMILES string of the molecule is Cc1sc2ncnc(SCC(=O)NCc3nc4ccccc4s3)c2c1C. The molecule has 132 valence electrons. The number of thioether (sulfide) groups is 1. The maximum Gasteiger partial charge on any atom is 0.230 e. The highest BCUT2D eigenvalue weighted by molar-refractivity contribution is 8.00. The summed E-state index contributed by atoms with van der Waals surface area (Å²) >= 11 is 4.73. The third-order valence-corrected chi connectivity index (χ3v) is 7.19. The van der Waals surface area contributed by atoms with E-state index in [2.05, 4.69) is 34.1 Å². The maximum absolute atomic E-state index is 12.2. The molecule has 0 radical (unpaired) electrons. The molecule has 0 saturated heterocycles. The molecule has 3 heterocycles. The van der Waals surface area contributed by atoms with Crippen LogP contribution >= 0.6 is 34.4 Å². The summed E-state index contributed by atoms with van der Waals surface area (Å²) in [4.78, 5) is 27.7. The number of carbonyl (C=O) groups is 1. The van der Waals surface area contributed by atoms with Crippen molar-refractivity contribution in [3.63, 3.8) is 0 Å². The number of thiophene rings is 1. The number of nitrogens with zero attached hydrogens (tertiary/aromatic N) is 3. The van der Waals surface area contributed by atoms with E-state index in [1.807, 2.05) is 24.3 Å². The molecule has 8 heteroatoms. The predicted octanol–water partition coefficient (Wildman–Crippen LogP) is 4.33. The van der Waals surface area contributed by atoms with Gasteiger partial charge in [-0.15, -0.1) is 22.7 Å². The Hall–Kier alpha value is -2.03. The van der Waals surface area contributed by atoms with Crippen LogP contribution in [0.3, 0.4) is 0 Å². The molecule has 3 aromatic heterocycles. The molecule has 5 nitrogen and oxygen atoms in total. The normalized spacial score (nSPS) is 11.3. The highest BCUT2D eigenvalue weighted by atomic mass is 32.2. The lowest BCUT2D eigenvalue weighted by Gasteiger charge is -2.04. The molecule has 0 bridgehead atoms. The fourth-order valence-corrected chi connectivity index (χ4v) is 5.47. The lowest BCUT2D eigenvalue weighted by molar-refractivity contribution is -0.118. The first-order valence-corrected chi connectivity index (χ1v) is 10.7. The zero-order valence-corrected chi connectivity index (χ0v) is 16.7. The summed E-state index contributed by atoms with van der Waals surface area (Å²) in [6.07, 6.45) is 1.57. The van der Waals surface area contributed by atoms with Gasteiger partial charge in [0, 0.05) is 10.3 Å². The first-order valence-electron chi connectivity index (χ1n) is 8.06. The van der Waals surface area contributed by atoms with E-state index < -0.39 is 0 Å². The van der Waals surface area contributed by atoms with Gasteiger partial charge in [-0.2, -0.15) is 0 Å². The number of hydrogen-bond acceptors (Lipinski definition) is 7. The third kappa shape index (κ3) is 3.44. The number of para-hydroxylation sites is 1. The largest absolute Gasteiger partial charge is 0.349 e. The average molecular weight is 401 g/mol. The summed E-state index contributed by atoms with van der Waals surface area (Å²) in [7, 11) is 0. The number of carbonyl (C=O) groups excluding carboxylic acids is 1. The van der Waals surface area contributed by atoms with Crippen LogP contribution in [0, 0.1) is 13.8 Å². The smallest absolute Gasteiger partial charge is 0.230 e. The third-order valence-electron chi connectivity index (χ3n) is 4.05. The molecule has 0 aliphatic carbocycles. The summed E-state index contributed by atoms with van der Waals surface area (Å²) < 4.78 is 1.14. The van der Waals surface area contributed by atoms with Crippen molar-refractivity contribution in [2.45, 2.75) is 25.4 Å². The van der Waals surface area contributed by atoms with Crippen molar-refractivity contribution in [3.05, 3.63) is 46.0 Å². The summed E-state index contributed by atoms with van der Waals surface area (Å²) in [5.41, 5.74) is 2.17. The summed E-state index contributed by atoms with van der Waals surface area (Å²) in [5.74, 6) is 0.302. The topological polar surface area (TPSA) is 67.8 Å². The van der Waals surface area contributed by atoms with Crippen LogP contribution in [0.25, 0.3) is 20.4 Å².